The van der Waals surface area contributed by atoms with Gasteiger partial charge in [-0.15, -0.1) is 0 Å². The molecule has 4 heteroatoms. The van der Waals surface area contributed by atoms with Crippen LogP contribution in [0.25, 0.3) is 0 Å². The minimum Gasteiger partial charge on any atom is -0.545 e. The van der Waals surface area contributed by atoms with E-state index in [4.69, 9.17) is 0 Å². The molecule has 0 bridgehead atoms. The lowest BCUT2D eigenvalue weighted by molar-refractivity contribution is -0.730. The van der Waals surface area contributed by atoms with Gasteiger partial charge in [-0.1, -0.05) is 4.68 Å². The van der Waals surface area contributed by atoms with Crippen molar-refractivity contribution in [3.63, 3.8) is 0 Å². The lowest BCUT2D eigenvalue weighted by Gasteiger charge is -1.96. The first-order chi connectivity index (χ1) is 4.70. The summed E-state index contributed by atoms with van der Waals surface area (Å²) in [6.45, 7) is 0. The molecule has 1 aromatic rings. The number of rotatable bonds is 1. The van der Waals surface area contributed by atoms with E-state index in [9.17, 15) is 9.90 Å². The summed E-state index contributed by atoms with van der Waals surface area (Å²) in [5.74, 6) is -1.20. The maximum absolute atomic E-state index is 10.2. The Bertz CT molecular complexity index is 242. The van der Waals surface area contributed by atoms with E-state index < -0.39 is 5.97 Å². The monoisotopic (exact) mass is 138 g/mol. The molecular formula is C6H6N2O2. The third-order valence-corrected chi connectivity index (χ3v) is 1.08. The molecule has 0 saturated heterocycles. The van der Waals surface area contributed by atoms with Crippen LogP contribution in [-0.4, -0.2) is 11.1 Å². The highest BCUT2D eigenvalue weighted by molar-refractivity contribution is 5.84. The molecule has 0 amide bonds. The lowest BCUT2D eigenvalue weighted by Crippen LogP contribution is -2.33. The van der Waals surface area contributed by atoms with Crippen LogP contribution >= 0.6 is 0 Å². The van der Waals surface area contributed by atoms with Crippen molar-refractivity contribution in [3.8, 4) is 0 Å². The van der Waals surface area contributed by atoms with Gasteiger partial charge >= 0.3 is 0 Å². The van der Waals surface area contributed by atoms with E-state index in [2.05, 4.69) is 5.10 Å². The number of nitrogens with zero attached hydrogens (tertiary/aromatic N) is 2. The first-order valence-electron chi connectivity index (χ1n) is 2.73. The van der Waals surface area contributed by atoms with Gasteiger partial charge in [-0.25, -0.2) is 0 Å². The maximum Gasteiger partial charge on any atom is 0.196 e. The summed E-state index contributed by atoms with van der Waals surface area (Å²) in [5, 5.41) is 13.8. The molecule has 0 aliphatic rings. The normalized spacial score (nSPS) is 9.30. The Morgan fingerprint density at radius 1 is 1.80 bits per heavy atom. The Morgan fingerprint density at radius 3 is 2.90 bits per heavy atom. The molecule has 0 radical (unpaired) electrons. The number of carbonyl (C=O) groups excluding carboxylic acids is 1. The van der Waals surface area contributed by atoms with Crippen LogP contribution in [-0.2, 0) is 7.05 Å². The summed E-state index contributed by atoms with van der Waals surface area (Å²) in [6, 6.07) is 1.43. The lowest BCUT2D eigenvalue weighted by atomic mass is 10.3. The molecule has 0 spiro atoms. The highest BCUT2D eigenvalue weighted by atomic mass is 16.4. The van der Waals surface area contributed by atoms with Gasteiger partial charge in [0.25, 0.3) is 0 Å². The Labute approximate surface area is 57.7 Å². The van der Waals surface area contributed by atoms with Crippen molar-refractivity contribution in [1.29, 1.82) is 0 Å². The van der Waals surface area contributed by atoms with Crippen LogP contribution < -0.4 is 9.79 Å². The van der Waals surface area contributed by atoms with Gasteiger partial charge in [-0.05, 0) is 5.10 Å². The highest BCUT2D eigenvalue weighted by Gasteiger charge is 1.95. The first-order valence-corrected chi connectivity index (χ1v) is 2.73. The Balaban J connectivity index is 3.00. The topological polar surface area (TPSA) is 56.9 Å². The average Bonchev–Trinajstić information content (AvgIpc) is 1.88. The van der Waals surface area contributed by atoms with Crippen molar-refractivity contribution in [2.24, 2.45) is 7.05 Å². The molecule has 0 aliphatic carbocycles. The van der Waals surface area contributed by atoms with E-state index in [-0.39, 0.29) is 5.56 Å². The molecule has 52 valence electrons. The second-order valence-electron chi connectivity index (χ2n) is 1.88. The molecule has 0 fully saturated rings. The minimum absolute atomic E-state index is 0.0955. The molecule has 0 N–H and O–H groups in total. The fourth-order valence-corrected chi connectivity index (χ4v) is 0.544. The van der Waals surface area contributed by atoms with Crippen molar-refractivity contribution in [2.45, 2.75) is 0 Å². The molecule has 0 aromatic carbocycles. The Hall–Kier alpha value is -1.45. The Kier molecular flexibility index (Phi) is 1.62. The molecule has 1 heterocycles. The average molecular weight is 138 g/mol. The van der Waals surface area contributed by atoms with Crippen LogP contribution in [0, 0.1) is 0 Å². The zero-order valence-electron chi connectivity index (χ0n) is 5.44. The van der Waals surface area contributed by atoms with Crippen LogP contribution in [0.1, 0.15) is 10.4 Å². The summed E-state index contributed by atoms with van der Waals surface area (Å²) in [6.07, 6.45) is 2.79. The number of carbonyl (C=O) groups is 1. The predicted octanol–water partition coefficient (Wildman–Crippen LogP) is -1.73. The van der Waals surface area contributed by atoms with Crippen LogP contribution in [0.15, 0.2) is 18.5 Å². The van der Waals surface area contributed by atoms with Crippen LogP contribution in [0.2, 0.25) is 0 Å². The van der Waals surface area contributed by atoms with Gasteiger partial charge in [0.15, 0.2) is 13.2 Å². The maximum atomic E-state index is 10.2. The van der Waals surface area contributed by atoms with Gasteiger partial charge < -0.3 is 9.90 Å². The molecule has 4 nitrogen and oxygen atoms in total. The first kappa shape index (κ1) is 6.67. The molecule has 0 unspecified atom stereocenters. The van der Waals surface area contributed by atoms with Gasteiger partial charge in [-0.2, -0.15) is 0 Å². The number of aryl methyl sites for hydroxylation is 1. The van der Waals surface area contributed by atoms with Gasteiger partial charge in [0.2, 0.25) is 0 Å². The minimum atomic E-state index is -1.20. The van der Waals surface area contributed by atoms with E-state index in [1.54, 1.807) is 13.2 Å². The second-order valence-corrected chi connectivity index (χ2v) is 1.88. The third kappa shape index (κ3) is 1.28. The van der Waals surface area contributed by atoms with Crippen molar-refractivity contribution >= 4 is 5.97 Å². The molecule has 10 heavy (non-hydrogen) atoms. The number of hydrogen-bond acceptors (Lipinski definition) is 3. The largest absolute Gasteiger partial charge is 0.545 e. The van der Waals surface area contributed by atoms with E-state index in [0.29, 0.717) is 0 Å². The van der Waals surface area contributed by atoms with Crippen molar-refractivity contribution in [1.82, 2.24) is 5.10 Å². The van der Waals surface area contributed by atoms with Crippen molar-refractivity contribution in [3.05, 3.63) is 24.0 Å². The molecule has 1 aromatic heterocycles. The second kappa shape index (κ2) is 2.43. The highest BCUT2D eigenvalue weighted by Crippen LogP contribution is 1.87. The van der Waals surface area contributed by atoms with Crippen molar-refractivity contribution in [2.75, 3.05) is 0 Å². The SMILES string of the molecule is C[n+]1ccc(C(=O)[O-])cn1. The number of aromatic carboxylic acids is 1. The summed E-state index contributed by atoms with van der Waals surface area (Å²) in [4.78, 5) is 10.2. The fraction of sp³-hybridized carbons (Fsp3) is 0.167. The summed E-state index contributed by atoms with van der Waals surface area (Å²) < 4.78 is 1.51. The standard InChI is InChI=1S/C6H6N2O2/c1-8-3-2-5(4-7-8)6(9)10/h2-4H,1H3. The zero-order chi connectivity index (χ0) is 7.56. The fourth-order valence-electron chi connectivity index (χ4n) is 0.544. The zero-order valence-corrected chi connectivity index (χ0v) is 5.44. The quantitative estimate of drug-likeness (QED) is 0.433. The summed E-state index contributed by atoms with van der Waals surface area (Å²) >= 11 is 0. The van der Waals surface area contributed by atoms with Crippen LogP contribution in [0.5, 0.6) is 0 Å². The van der Waals surface area contributed by atoms with E-state index in [1.165, 1.54) is 16.9 Å². The van der Waals surface area contributed by atoms with Crippen LogP contribution in [0.3, 0.4) is 0 Å². The van der Waals surface area contributed by atoms with Crippen molar-refractivity contribution < 1.29 is 14.6 Å². The number of carboxylic acids is 1. The van der Waals surface area contributed by atoms with E-state index in [0.717, 1.165) is 0 Å². The summed E-state index contributed by atoms with van der Waals surface area (Å²) in [5.41, 5.74) is 0.0955. The number of hydrogen-bond donors (Lipinski definition) is 0. The molecule has 0 atom stereocenters. The number of aromatic nitrogens is 2. The molecule has 0 aliphatic heterocycles. The van der Waals surface area contributed by atoms with E-state index in [1.807, 2.05) is 0 Å². The van der Waals surface area contributed by atoms with Gasteiger partial charge in [0.1, 0.15) is 6.20 Å². The van der Waals surface area contributed by atoms with Crippen LogP contribution in [0.4, 0.5) is 0 Å². The van der Waals surface area contributed by atoms with E-state index >= 15 is 0 Å². The van der Waals surface area contributed by atoms with Gasteiger partial charge in [0.05, 0.1) is 5.97 Å². The third-order valence-electron chi connectivity index (χ3n) is 1.08. The molecule has 0 saturated carbocycles. The predicted molar refractivity (Wildman–Crippen MR) is 29.7 cm³/mol. The number of carboxylic acid groups (broad SMARTS) is 1. The molecular weight excluding hydrogens is 132 g/mol. The van der Waals surface area contributed by atoms with Gasteiger partial charge in [-0.3, -0.25) is 0 Å². The summed E-state index contributed by atoms with van der Waals surface area (Å²) in [7, 11) is 1.71. The smallest absolute Gasteiger partial charge is 0.196 e. The van der Waals surface area contributed by atoms with Gasteiger partial charge in [0, 0.05) is 11.6 Å². The molecule has 1 rings (SSSR count). The Morgan fingerprint density at radius 2 is 2.50 bits per heavy atom.